The average Bonchev–Trinajstić information content (AvgIpc) is 2.26. The van der Waals surface area contributed by atoms with Crippen LogP contribution in [0.5, 0.6) is 0 Å². The number of rotatable bonds is 8. The minimum absolute atomic E-state index is 0.478. The molecule has 0 fully saturated rings. The summed E-state index contributed by atoms with van der Waals surface area (Å²) in [6, 6.07) is 0. The maximum atomic E-state index is 11.9. The molecule has 0 rings (SSSR count). The lowest BCUT2D eigenvalue weighted by atomic mass is 10.1. The molecular formula is C14H21F3OS. The van der Waals surface area contributed by atoms with Gasteiger partial charge in [0.25, 0.3) is 0 Å². The lowest BCUT2D eigenvalue weighted by molar-refractivity contribution is -0.167. The van der Waals surface area contributed by atoms with Crippen molar-refractivity contribution in [2.45, 2.75) is 46.2 Å². The molecule has 0 heterocycles. The third kappa shape index (κ3) is 10.9. The predicted octanol–water partition coefficient (Wildman–Crippen LogP) is 4.93. The Hall–Kier alpha value is -0.710. The molecule has 19 heavy (non-hydrogen) atoms. The highest BCUT2D eigenvalue weighted by Gasteiger charge is 2.37. The fraction of sp³-hybridized carbons (Fsp3) is 0.643. The summed E-state index contributed by atoms with van der Waals surface area (Å²) in [5.74, 6) is -1.59. The van der Waals surface area contributed by atoms with E-state index >= 15 is 0 Å². The molecule has 0 aromatic heterocycles. The molecule has 0 aromatic rings. The molecule has 0 saturated heterocycles. The van der Waals surface area contributed by atoms with Crippen LogP contribution in [0, 0.1) is 0 Å². The van der Waals surface area contributed by atoms with Gasteiger partial charge in [-0.15, -0.1) is 0 Å². The number of Topliss-reactive ketones (excluding diaryl/α,β-unsaturated/α-hetero) is 1. The van der Waals surface area contributed by atoms with Gasteiger partial charge in [-0.25, -0.2) is 0 Å². The molecule has 0 aliphatic rings. The van der Waals surface area contributed by atoms with Crippen LogP contribution in [0.15, 0.2) is 23.3 Å². The van der Waals surface area contributed by atoms with Gasteiger partial charge in [0.15, 0.2) is 0 Å². The summed E-state index contributed by atoms with van der Waals surface area (Å²) >= 11 is 1.03. The van der Waals surface area contributed by atoms with Gasteiger partial charge in [0.05, 0.1) is 5.75 Å². The van der Waals surface area contributed by atoms with Crippen molar-refractivity contribution in [1.82, 2.24) is 0 Å². The van der Waals surface area contributed by atoms with Crippen molar-refractivity contribution in [1.29, 1.82) is 0 Å². The van der Waals surface area contributed by atoms with E-state index in [1.165, 1.54) is 11.1 Å². The summed E-state index contributed by atoms with van der Waals surface area (Å²) in [6.07, 6.45) is 2.17. The molecule has 0 spiro atoms. The van der Waals surface area contributed by atoms with Gasteiger partial charge in [-0.05, 0) is 45.8 Å². The largest absolute Gasteiger partial charge is 0.450 e. The van der Waals surface area contributed by atoms with Gasteiger partial charge in [-0.1, -0.05) is 23.3 Å². The summed E-state index contributed by atoms with van der Waals surface area (Å²) in [5.41, 5.74) is 2.52. The van der Waals surface area contributed by atoms with Crippen molar-refractivity contribution in [2.24, 2.45) is 0 Å². The van der Waals surface area contributed by atoms with Crippen LogP contribution in [-0.2, 0) is 4.79 Å². The Bertz CT molecular complexity index is 339. The highest BCUT2D eigenvalue weighted by molar-refractivity contribution is 7.99. The second-order valence-corrected chi connectivity index (χ2v) is 5.74. The molecule has 0 aliphatic heterocycles. The lowest BCUT2D eigenvalue weighted by Gasteiger charge is -2.04. The Morgan fingerprint density at radius 2 is 1.74 bits per heavy atom. The number of carbonyl (C=O) groups is 1. The van der Waals surface area contributed by atoms with Gasteiger partial charge < -0.3 is 0 Å². The maximum Gasteiger partial charge on any atom is 0.450 e. The summed E-state index contributed by atoms with van der Waals surface area (Å²) in [4.78, 5) is 10.6. The second-order valence-electron chi connectivity index (χ2n) is 4.63. The van der Waals surface area contributed by atoms with E-state index in [1.54, 1.807) is 0 Å². The third-order valence-corrected chi connectivity index (χ3v) is 3.39. The predicted molar refractivity (Wildman–Crippen MR) is 75.4 cm³/mol. The SMILES string of the molecule is CC(C)=CCC/C(C)=C/CCSCC(=O)C(F)(F)F. The summed E-state index contributed by atoms with van der Waals surface area (Å²) in [7, 11) is 0. The molecular weight excluding hydrogens is 273 g/mol. The molecule has 110 valence electrons. The number of carbonyl (C=O) groups excluding carboxylic acids is 1. The Labute approximate surface area is 117 Å². The number of alkyl halides is 3. The second kappa shape index (κ2) is 9.23. The van der Waals surface area contributed by atoms with Gasteiger partial charge in [-0.2, -0.15) is 24.9 Å². The molecule has 0 atom stereocenters. The summed E-state index contributed by atoms with van der Waals surface area (Å²) in [6.45, 7) is 6.12. The molecule has 0 aliphatic carbocycles. The van der Waals surface area contributed by atoms with Gasteiger partial charge >= 0.3 is 6.18 Å². The first-order valence-corrected chi connectivity index (χ1v) is 7.35. The van der Waals surface area contributed by atoms with Gasteiger partial charge in [0, 0.05) is 0 Å². The van der Waals surface area contributed by atoms with E-state index in [0.717, 1.165) is 24.6 Å². The minimum Gasteiger partial charge on any atom is -0.289 e. The molecule has 0 N–H and O–H groups in total. The number of thioether (sulfide) groups is 1. The fourth-order valence-electron chi connectivity index (χ4n) is 1.33. The molecule has 0 unspecified atom stereocenters. The Balaban J connectivity index is 3.73. The van der Waals surface area contributed by atoms with Crippen molar-refractivity contribution in [3.05, 3.63) is 23.3 Å². The van der Waals surface area contributed by atoms with Crippen molar-refractivity contribution >= 4 is 17.5 Å². The Morgan fingerprint density at radius 1 is 1.11 bits per heavy atom. The molecule has 5 heteroatoms. The van der Waals surface area contributed by atoms with E-state index in [2.05, 4.69) is 6.08 Å². The van der Waals surface area contributed by atoms with Crippen molar-refractivity contribution in [3.63, 3.8) is 0 Å². The zero-order valence-corrected chi connectivity index (χ0v) is 12.5. The quantitative estimate of drug-likeness (QED) is 0.466. The minimum atomic E-state index is -4.69. The molecule has 1 nitrogen and oxygen atoms in total. The van der Waals surface area contributed by atoms with Crippen LogP contribution in [0.4, 0.5) is 13.2 Å². The first-order valence-electron chi connectivity index (χ1n) is 6.20. The summed E-state index contributed by atoms with van der Waals surface area (Å²) < 4.78 is 35.7. The third-order valence-electron chi connectivity index (χ3n) is 2.40. The first-order chi connectivity index (χ1) is 8.73. The van der Waals surface area contributed by atoms with Crippen LogP contribution in [0.1, 0.15) is 40.0 Å². The van der Waals surface area contributed by atoms with Crippen LogP contribution in [-0.4, -0.2) is 23.5 Å². The van der Waals surface area contributed by atoms with Crippen LogP contribution in [0.2, 0.25) is 0 Å². The highest BCUT2D eigenvalue weighted by Crippen LogP contribution is 2.19. The molecule has 0 radical (unpaired) electrons. The van der Waals surface area contributed by atoms with Crippen LogP contribution < -0.4 is 0 Å². The van der Waals surface area contributed by atoms with Crippen LogP contribution in [0.25, 0.3) is 0 Å². The topological polar surface area (TPSA) is 17.1 Å². The average molecular weight is 294 g/mol. The standard InChI is InChI=1S/C14H21F3OS/c1-11(2)6-4-7-12(3)8-5-9-19-10-13(18)14(15,16)17/h6,8H,4-5,7,9-10H2,1-3H3/b12-8+. The first kappa shape index (κ1) is 18.3. The Morgan fingerprint density at radius 3 is 2.26 bits per heavy atom. The van der Waals surface area contributed by atoms with E-state index in [1.807, 2.05) is 26.8 Å². The molecule has 0 aromatic carbocycles. The van der Waals surface area contributed by atoms with E-state index in [0.29, 0.717) is 12.2 Å². The van der Waals surface area contributed by atoms with E-state index < -0.39 is 17.7 Å². The zero-order chi connectivity index (χ0) is 14.9. The number of halogens is 3. The smallest absolute Gasteiger partial charge is 0.289 e. The van der Waals surface area contributed by atoms with Crippen molar-refractivity contribution in [2.75, 3.05) is 11.5 Å². The molecule has 0 saturated carbocycles. The number of hydrogen-bond donors (Lipinski definition) is 0. The van der Waals surface area contributed by atoms with E-state index in [9.17, 15) is 18.0 Å². The number of ketones is 1. The van der Waals surface area contributed by atoms with Crippen molar-refractivity contribution < 1.29 is 18.0 Å². The highest BCUT2D eigenvalue weighted by atomic mass is 32.2. The molecule has 0 amide bonds. The van der Waals surface area contributed by atoms with E-state index in [4.69, 9.17) is 0 Å². The van der Waals surface area contributed by atoms with Gasteiger partial charge in [0.2, 0.25) is 5.78 Å². The van der Waals surface area contributed by atoms with Crippen LogP contribution in [0.3, 0.4) is 0 Å². The number of allylic oxidation sites excluding steroid dienone is 4. The normalized spacial score (nSPS) is 12.4. The lowest BCUT2D eigenvalue weighted by Crippen LogP contribution is -2.24. The van der Waals surface area contributed by atoms with Gasteiger partial charge in [0.1, 0.15) is 0 Å². The van der Waals surface area contributed by atoms with Gasteiger partial charge in [-0.3, -0.25) is 4.79 Å². The fourth-order valence-corrected chi connectivity index (χ4v) is 2.10. The van der Waals surface area contributed by atoms with Crippen LogP contribution >= 0.6 is 11.8 Å². The van der Waals surface area contributed by atoms with E-state index in [-0.39, 0.29) is 0 Å². The number of hydrogen-bond acceptors (Lipinski definition) is 2. The molecule has 0 bridgehead atoms. The van der Waals surface area contributed by atoms with Crippen molar-refractivity contribution in [3.8, 4) is 0 Å². The zero-order valence-electron chi connectivity index (χ0n) is 11.6. The monoisotopic (exact) mass is 294 g/mol. The summed E-state index contributed by atoms with van der Waals surface area (Å²) in [5, 5.41) is 0. The Kier molecular flexibility index (Phi) is 8.89. The maximum absolute atomic E-state index is 11.9.